The van der Waals surface area contributed by atoms with E-state index in [-0.39, 0.29) is 17.8 Å². The normalized spacial score (nSPS) is 13.1. The molecule has 7 heteroatoms. The Hall–Kier alpha value is -3.61. The number of hydrogen-bond acceptors (Lipinski definition) is 4. The number of aromatic nitrogens is 1. The van der Waals surface area contributed by atoms with E-state index in [1.165, 1.54) is 14.0 Å². The van der Waals surface area contributed by atoms with Crippen LogP contribution in [-0.2, 0) is 22.5 Å². The first-order valence-electron chi connectivity index (χ1n) is 9.35. The van der Waals surface area contributed by atoms with Gasteiger partial charge in [-0.15, -0.1) is 0 Å². The van der Waals surface area contributed by atoms with E-state index < -0.39 is 0 Å². The van der Waals surface area contributed by atoms with Gasteiger partial charge < -0.3 is 19.9 Å². The molecule has 1 aromatic heterocycles. The summed E-state index contributed by atoms with van der Waals surface area (Å²) in [5.74, 6) is -0.667. The Morgan fingerprint density at radius 2 is 1.93 bits per heavy atom. The average Bonchev–Trinajstić information content (AvgIpc) is 3.09. The summed E-state index contributed by atoms with van der Waals surface area (Å²) >= 11 is 0. The van der Waals surface area contributed by atoms with E-state index in [0.717, 1.165) is 22.2 Å². The average molecular weight is 391 g/mol. The zero-order valence-corrected chi connectivity index (χ0v) is 16.2. The third-order valence-electron chi connectivity index (χ3n) is 5.11. The van der Waals surface area contributed by atoms with E-state index in [0.29, 0.717) is 36.3 Å². The van der Waals surface area contributed by atoms with Crippen molar-refractivity contribution in [1.29, 1.82) is 0 Å². The molecular weight excluding hydrogens is 370 g/mol. The molecule has 29 heavy (non-hydrogen) atoms. The monoisotopic (exact) mass is 391 g/mol. The van der Waals surface area contributed by atoms with Crippen molar-refractivity contribution in [2.75, 3.05) is 19.0 Å². The van der Waals surface area contributed by atoms with Gasteiger partial charge in [-0.1, -0.05) is 6.07 Å². The number of H-pyrrole nitrogens is 1. The standard InChI is InChI=1S/C22H21N3O4/c1-13(26)23-16-5-3-4-14(10-16)21(27)25-9-8-20-18(12-25)17-11-15(22(28)29-2)6-7-19(17)24-20/h3-7,10-11,24H,8-9,12H2,1-2H3,(H,23,26). The highest BCUT2D eigenvalue weighted by atomic mass is 16.5. The number of benzene rings is 2. The maximum atomic E-state index is 13.1. The zero-order chi connectivity index (χ0) is 20.5. The van der Waals surface area contributed by atoms with Crippen LogP contribution in [0.3, 0.4) is 0 Å². The predicted molar refractivity (Wildman–Crippen MR) is 109 cm³/mol. The van der Waals surface area contributed by atoms with E-state index in [2.05, 4.69) is 10.3 Å². The second-order valence-corrected chi connectivity index (χ2v) is 7.07. The number of amides is 2. The van der Waals surface area contributed by atoms with Gasteiger partial charge in [-0.2, -0.15) is 0 Å². The minimum absolute atomic E-state index is 0.0960. The number of ether oxygens (including phenoxy) is 1. The van der Waals surface area contributed by atoms with Gasteiger partial charge in [-0.3, -0.25) is 9.59 Å². The van der Waals surface area contributed by atoms with Gasteiger partial charge in [0.2, 0.25) is 5.91 Å². The number of methoxy groups -OCH3 is 1. The molecule has 0 fully saturated rings. The van der Waals surface area contributed by atoms with Crippen LogP contribution in [0.5, 0.6) is 0 Å². The molecule has 0 spiro atoms. The lowest BCUT2D eigenvalue weighted by Crippen LogP contribution is -2.35. The molecule has 7 nitrogen and oxygen atoms in total. The van der Waals surface area contributed by atoms with Gasteiger partial charge in [-0.05, 0) is 36.4 Å². The number of nitrogens with one attached hydrogen (secondary N) is 2. The molecule has 2 heterocycles. The van der Waals surface area contributed by atoms with Crippen LogP contribution < -0.4 is 5.32 Å². The van der Waals surface area contributed by atoms with Gasteiger partial charge in [0.25, 0.3) is 5.91 Å². The lowest BCUT2D eigenvalue weighted by molar-refractivity contribution is -0.114. The summed E-state index contributed by atoms with van der Waals surface area (Å²) in [4.78, 5) is 41.4. The largest absolute Gasteiger partial charge is 0.465 e. The molecule has 0 radical (unpaired) electrons. The summed E-state index contributed by atoms with van der Waals surface area (Å²) < 4.78 is 4.82. The second-order valence-electron chi connectivity index (χ2n) is 7.07. The van der Waals surface area contributed by atoms with Gasteiger partial charge >= 0.3 is 5.97 Å². The lowest BCUT2D eigenvalue weighted by atomic mass is 10.0. The van der Waals surface area contributed by atoms with Crippen molar-refractivity contribution in [3.05, 3.63) is 64.8 Å². The fourth-order valence-electron chi connectivity index (χ4n) is 3.75. The number of rotatable bonds is 3. The Bertz CT molecular complexity index is 1130. The van der Waals surface area contributed by atoms with Crippen LogP contribution in [0.1, 0.15) is 38.9 Å². The van der Waals surface area contributed by atoms with Crippen LogP contribution in [0.4, 0.5) is 5.69 Å². The first-order chi connectivity index (χ1) is 14.0. The molecule has 0 atom stereocenters. The summed E-state index contributed by atoms with van der Waals surface area (Å²) in [6.07, 6.45) is 0.703. The molecule has 0 aliphatic carbocycles. The number of carbonyl (C=O) groups is 3. The van der Waals surface area contributed by atoms with Crippen molar-refractivity contribution in [3.63, 3.8) is 0 Å². The van der Waals surface area contributed by atoms with Gasteiger partial charge in [0, 0.05) is 59.8 Å². The topological polar surface area (TPSA) is 91.5 Å². The SMILES string of the molecule is COC(=O)c1ccc2[nH]c3c(c2c1)CN(C(=O)c1cccc(NC(C)=O)c1)CC3. The van der Waals surface area contributed by atoms with Crippen molar-refractivity contribution in [1.82, 2.24) is 9.88 Å². The van der Waals surface area contributed by atoms with Gasteiger partial charge in [0.15, 0.2) is 0 Å². The number of nitrogens with zero attached hydrogens (tertiary/aromatic N) is 1. The van der Waals surface area contributed by atoms with E-state index >= 15 is 0 Å². The van der Waals surface area contributed by atoms with Crippen LogP contribution in [0, 0.1) is 0 Å². The van der Waals surface area contributed by atoms with E-state index in [1.54, 1.807) is 35.2 Å². The summed E-state index contributed by atoms with van der Waals surface area (Å²) in [6, 6.07) is 12.3. The van der Waals surface area contributed by atoms with Crippen molar-refractivity contribution in [3.8, 4) is 0 Å². The molecule has 2 amide bonds. The molecule has 148 valence electrons. The van der Waals surface area contributed by atoms with Gasteiger partial charge in [0.1, 0.15) is 0 Å². The number of anilines is 1. The molecule has 1 aliphatic rings. The van der Waals surface area contributed by atoms with E-state index in [4.69, 9.17) is 4.74 Å². The first-order valence-corrected chi connectivity index (χ1v) is 9.35. The maximum absolute atomic E-state index is 13.1. The van der Waals surface area contributed by atoms with Crippen LogP contribution in [0.15, 0.2) is 42.5 Å². The molecule has 0 bridgehead atoms. The number of esters is 1. The third-order valence-corrected chi connectivity index (χ3v) is 5.11. The number of hydrogen-bond donors (Lipinski definition) is 2. The molecule has 2 N–H and O–H groups in total. The Morgan fingerprint density at radius 3 is 2.69 bits per heavy atom. The van der Waals surface area contributed by atoms with E-state index in [1.807, 2.05) is 12.1 Å². The van der Waals surface area contributed by atoms with Gasteiger partial charge in [-0.25, -0.2) is 4.79 Å². The molecule has 4 rings (SSSR count). The number of fused-ring (bicyclic) bond motifs is 3. The summed E-state index contributed by atoms with van der Waals surface area (Å²) in [5, 5.41) is 3.63. The third kappa shape index (κ3) is 3.59. The van der Waals surface area contributed by atoms with E-state index in [9.17, 15) is 14.4 Å². The second kappa shape index (κ2) is 7.43. The molecule has 0 unspecified atom stereocenters. The molecule has 1 aliphatic heterocycles. The summed E-state index contributed by atoms with van der Waals surface area (Å²) in [6.45, 7) is 2.47. The fourth-order valence-corrected chi connectivity index (χ4v) is 3.75. The highest BCUT2D eigenvalue weighted by molar-refractivity contribution is 5.98. The molecule has 0 saturated carbocycles. The Balaban J connectivity index is 1.63. The molecule has 2 aromatic carbocycles. The van der Waals surface area contributed by atoms with Crippen LogP contribution in [0.25, 0.3) is 10.9 Å². The van der Waals surface area contributed by atoms with Crippen molar-refractivity contribution in [2.24, 2.45) is 0 Å². The summed E-state index contributed by atoms with van der Waals surface area (Å²) in [7, 11) is 1.36. The molecule has 0 saturated heterocycles. The van der Waals surface area contributed by atoms with Crippen LogP contribution >= 0.6 is 0 Å². The minimum Gasteiger partial charge on any atom is -0.465 e. The van der Waals surface area contributed by atoms with Crippen LogP contribution in [-0.4, -0.2) is 41.3 Å². The van der Waals surface area contributed by atoms with Crippen molar-refractivity contribution < 1.29 is 19.1 Å². The summed E-state index contributed by atoms with van der Waals surface area (Å²) in [5.41, 5.74) is 4.63. The smallest absolute Gasteiger partial charge is 0.337 e. The van der Waals surface area contributed by atoms with Crippen LogP contribution in [0.2, 0.25) is 0 Å². The quantitative estimate of drug-likeness (QED) is 0.671. The zero-order valence-electron chi connectivity index (χ0n) is 16.2. The predicted octanol–water partition coefficient (Wildman–Crippen LogP) is 3.11. The number of carbonyl (C=O) groups excluding carboxylic acids is 3. The Labute approximate surface area is 167 Å². The lowest BCUT2D eigenvalue weighted by Gasteiger charge is -2.27. The minimum atomic E-state index is -0.389. The van der Waals surface area contributed by atoms with Crippen molar-refractivity contribution in [2.45, 2.75) is 19.9 Å². The molecule has 3 aromatic rings. The van der Waals surface area contributed by atoms with Crippen molar-refractivity contribution >= 4 is 34.4 Å². The highest BCUT2D eigenvalue weighted by Gasteiger charge is 2.25. The Morgan fingerprint density at radius 1 is 1.10 bits per heavy atom. The highest BCUT2D eigenvalue weighted by Crippen LogP contribution is 2.29. The maximum Gasteiger partial charge on any atom is 0.337 e. The first kappa shape index (κ1) is 18.7. The fraction of sp³-hybridized carbons (Fsp3) is 0.227. The number of aromatic amines is 1. The Kier molecular flexibility index (Phi) is 4.80. The molecular formula is C22H21N3O4. The van der Waals surface area contributed by atoms with Gasteiger partial charge in [0.05, 0.1) is 12.7 Å².